The summed E-state index contributed by atoms with van der Waals surface area (Å²) in [4.78, 5) is 0. The number of fused-ring (bicyclic) bond motifs is 19. The van der Waals surface area contributed by atoms with Crippen LogP contribution in [0.3, 0.4) is 0 Å². The van der Waals surface area contributed by atoms with Gasteiger partial charge in [0.1, 0.15) is 0 Å². The Balaban J connectivity index is 0.0000000838. The molecular formula is C88H150N2O5. The molecule has 6 unspecified atom stereocenters. The lowest BCUT2D eigenvalue weighted by atomic mass is 9.56. The Morgan fingerprint density at radius 2 is 0.411 bits per heavy atom. The topological polar surface area (TPSA) is 70.2 Å². The quantitative estimate of drug-likeness (QED) is 0.250. The molecule has 95 heavy (non-hydrogen) atoms. The minimum absolute atomic E-state index is 0. The van der Waals surface area contributed by atoms with Crippen molar-refractivity contribution >= 4 is 0 Å². The van der Waals surface area contributed by atoms with Crippen LogP contribution in [0.5, 0.6) is 0 Å². The monoisotopic (exact) mass is 1320 g/mol. The van der Waals surface area contributed by atoms with E-state index in [1.807, 2.05) is 0 Å². The summed E-state index contributed by atoms with van der Waals surface area (Å²) in [6.45, 7) is 3.43. The van der Waals surface area contributed by atoms with Crippen LogP contribution >= 0.6 is 0 Å². The van der Waals surface area contributed by atoms with Crippen LogP contribution < -0.4 is 10.6 Å². The Labute approximate surface area is 584 Å². The molecule has 542 valence electrons. The number of hydrogen-bond acceptors (Lipinski definition) is 7. The van der Waals surface area contributed by atoms with Gasteiger partial charge in [-0.25, -0.2) is 0 Å². The molecule has 0 aromatic rings. The highest BCUT2D eigenvalue weighted by Crippen LogP contribution is 2.54. The van der Waals surface area contributed by atoms with Crippen molar-refractivity contribution < 1.29 is 23.7 Å². The van der Waals surface area contributed by atoms with Crippen molar-refractivity contribution in [3.8, 4) is 0 Å². The summed E-state index contributed by atoms with van der Waals surface area (Å²) >= 11 is 0. The van der Waals surface area contributed by atoms with E-state index in [-0.39, 0.29) is 7.43 Å². The Bertz CT molecular complexity index is 1620. The fraction of sp³-hybridized carbons (Fsp3) is 1.00. The van der Waals surface area contributed by atoms with Gasteiger partial charge in [0.05, 0.1) is 48.8 Å². The first-order valence-electron chi connectivity index (χ1n) is 43.9. The lowest BCUT2D eigenvalue weighted by Gasteiger charge is -2.49. The zero-order valence-electron chi connectivity index (χ0n) is 60.7. The molecule has 7 nitrogen and oxygen atoms in total. The van der Waals surface area contributed by atoms with E-state index in [9.17, 15) is 0 Å². The Morgan fingerprint density at radius 1 is 0.168 bits per heavy atom. The minimum Gasteiger partial charge on any atom is -0.378 e. The van der Waals surface area contributed by atoms with Crippen LogP contribution in [-0.4, -0.2) is 86.7 Å². The number of ether oxygens (including phenoxy) is 5. The Morgan fingerprint density at radius 3 is 0.495 bits per heavy atom. The standard InChI is InChI=1S/3C7H12.2C6H11N.2C6H10O.3C6H10.2C5H8O.2C5H8.C4H6O.CH4/c3*1-2-7-4-3-6(1)5-7;1-2-6-3-5(1)4-7-6;1-2-6-4-3-5(1)7-6;1-2-6-3-5(1)4-7-6;1-2-6-4-3-5(1)7-6;3*1-2-6-3-5(1)4-6;1-4-2-5(1)6-3-4;1-2-5-3-4(1)6-5;2*1-4-2-5(1)3-4;1-3-2-4(1)5-3;/h3*6-7H,1-5H2;2*5-7H,1-4H2;2*5-6H,1-4H2;3*5-6H,1-4H2;2*4-5H,1-3H2;2*4-5H,1-3H2;3-4H,1-2H2;1H4. The second-order valence-corrected chi connectivity index (χ2v) is 39.6. The first-order valence-corrected chi connectivity index (χ1v) is 43.9. The summed E-state index contributed by atoms with van der Waals surface area (Å²) in [6.07, 6.45) is 86.5. The van der Waals surface area contributed by atoms with E-state index >= 15 is 0 Å². The molecule has 12 heterocycles. The van der Waals surface area contributed by atoms with Gasteiger partial charge in [0.2, 0.25) is 0 Å². The SMILES string of the molecule is C.C1C2CC1C2.C1C2CC1C2.C1C2CC1O2.C1CC2CC1C2.C1CC2CC1C2.C1CC2CC1C2.C1CC2CC1CN2.C1CC2CC1CO2.C1CC2CC1O2.C1CC2CCC1C2.C1CC2CCC1C2.C1CC2CCC1C2.C1CC2CCC1N2.C1CC2CCC1O2.C1OC2CC1C2. The maximum atomic E-state index is 5.47. The third-order valence-electron chi connectivity index (χ3n) is 32.3. The lowest BCUT2D eigenvalue weighted by molar-refractivity contribution is -0.237. The molecule has 12 aliphatic heterocycles. The van der Waals surface area contributed by atoms with Crippen molar-refractivity contribution in [3.05, 3.63) is 0 Å². The fourth-order valence-corrected chi connectivity index (χ4v) is 24.4. The van der Waals surface area contributed by atoms with E-state index < -0.39 is 0 Å². The van der Waals surface area contributed by atoms with Gasteiger partial charge in [-0.15, -0.1) is 0 Å². The smallest absolute Gasteiger partial charge is 0.0628 e. The van der Waals surface area contributed by atoms with Gasteiger partial charge in [0, 0.05) is 31.3 Å². The molecule has 38 aliphatic rings. The van der Waals surface area contributed by atoms with Crippen molar-refractivity contribution in [1.29, 1.82) is 0 Å². The highest BCUT2D eigenvalue weighted by Gasteiger charge is 2.45. The molecule has 2 N–H and O–H groups in total. The minimum atomic E-state index is 0. The van der Waals surface area contributed by atoms with E-state index in [2.05, 4.69) is 10.6 Å². The highest BCUT2D eigenvalue weighted by molar-refractivity contribution is 4.96. The molecule has 12 saturated heterocycles. The number of nitrogens with one attached hydrogen (secondary N) is 2. The van der Waals surface area contributed by atoms with Gasteiger partial charge in [-0.2, -0.15) is 0 Å². The average molecular weight is 1320 g/mol. The van der Waals surface area contributed by atoms with Gasteiger partial charge in [-0.1, -0.05) is 123 Å². The van der Waals surface area contributed by atoms with Gasteiger partial charge < -0.3 is 34.3 Å². The normalized spacial score (nSPS) is 50.3. The van der Waals surface area contributed by atoms with Crippen molar-refractivity contribution in [2.75, 3.05) is 19.8 Å². The summed E-state index contributed by atoms with van der Waals surface area (Å²) in [5.41, 5.74) is 0. The van der Waals surface area contributed by atoms with Gasteiger partial charge in [-0.05, 0) is 350 Å². The van der Waals surface area contributed by atoms with Crippen LogP contribution in [0, 0.1) is 112 Å². The van der Waals surface area contributed by atoms with Crippen molar-refractivity contribution in [2.24, 2.45) is 112 Å². The molecule has 7 heteroatoms. The Hall–Kier alpha value is -0.280. The summed E-state index contributed by atoms with van der Waals surface area (Å²) < 4.78 is 26.3. The van der Waals surface area contributed by atoms with Crippen LogP contribution in [0.2, 0.25) is 0 Å². The third-order valence-corrected chi connectivity index (χ3v) is 32.3. The van der Waals surface area contributed by atoms with Crippen LogP contribution in [0.15, 0.2) is 0 Å². The van der Waals surface area contributed by atoms with Crippen molar-refractivity contribution in [3.63, 3.8) is 0 Å². The van der Waals surface area contributed by atoms with Gasteiger partial charge in [0.15, 0.2) is 0 Å². The summed E-state index contributed by atoms with van der Waals surface area (Å²) in [6, 6.07) is 2.76. The molecule has 0 amide bonds. The molecule has 30 bridgehead atoms. The molecule has 0 aromatic heterocycles. The van der Waals surface area contributed by atoms with Crippen LogP contribution in [0.1, 0.15) is 354 Å². The molecule has 6 atom stereocenters. The van der Waals surface area contributed by atoms with E-state index in [1.165, 1.54) is 236 Å². The zero-order chi connectivity index (χ0) is 62.6. The predicted molar refractivity (Wildman–Crippen MR) is 390 cm³/mol. The lowest BCUT2D eigenvalue weighted by Crippen LogP contribution is -2.52. The summed E-state index contributed by atoms with van der Waals surface area (Å²) in [5, 5.41) is 6.98. The fourth-order valence-electron chi connectivity index (χ4n) is 24.4. The summed E-state index contributed by atoms with van der Waals surface area (Å²) in [5.74, 6) is 22.0. The van der Waals surface area contributed by atoms with E-state index in [1.54, 1.807) is 212 Å². The molecule has 26 aliphatic carbocycles. The van der Waals surface area contributed by atoms with Gasteiger partial charge >= 0.3 is 0 Å². The molecule has 38 fully saturated rings. The average Bonchev–Trinajstić information content (AvgIpc) is 1.81. The first kappa shape index (κ1) is 70.4. The maximum absolute atomic E-state index is 5.47. The molecule has 38 rings (SSSR count). The van der Waals surface area contributed by atoms with E-state index in [0.717, 1.165) is 49.1 Å². The molecule has 0 radical (unpaired) electrons. The van der Waals surface area contributed by atoms with Crippen LogP contribution in [0.4, 0.5) is 0 Å². The first-order chi connectivity index (χ1) is 46.2. The van der Waals surface area contributed by atoms with E-state index in [0.29, 0.717) is 48.8 Å². The predicted octanol–water partition coefficient (Wildman–Crippen LogP) is 21.9. The van der Waals surface area contributed by atoms with Crippen molar-refractivity contribution in [2.45, 2.75) is 421 Å². The maximum Gasteiger partial charge on any atom is 0.0628 e. The number of rotatable bonds is 0. The second-order valence-electron chi connectivity index (χ2n) is 39.6. The van der Waals surface area contributed by atoms with Crippen LogP contribution in [-0.2, 0) is 23.7 Å². The number of hydrogen-bond donors (Lipinski definition) is 2. The molecular weight excluding hydrogens is 1160 g/mol. The summed E-state index contributed by atoms with van der Waals surface area (Å²) in [7, 11) is 0. The third kappa shape index (κ3) is 20.0. The highest BCUT2D eigenvalue weighted by atomic mass is 16.5. The molecule has 26 saturated carbocycles. The largest absolute Gasteiger partial charge is 0.378 e. The number of piperidine rings is 1. The second kappa shape index (κ2) is 34.1. The van der Waals surface area contributed by atoms with Crippen LogP contribution in [0.25, 0.3) is 0 Å². The van der Waals surface area contributed by atoms with Gasteiger partial charge in [0.25, 0.3) is 0 Å². The van der Waals surface area contributed by atoms with E-state index in [4.69, 9.17) is 23.7 Å². The Kier molecular flexibility index (Phi) is 25.3. The van der Waals surface area contributed by atoms with Gasteiger partial charge in [-0.3, -0.25) is 0 Å². The molecule has 0 spiro atoms. The van der Waals surface area contributed by atoms with Crippen molar-refractivity contribution in [1.82, 2.24) is 10.6 Å². The zero-order valence-corrected chi connectivity index (χ0v) is 60.7. The molecule has 0 aromatic carbocycles.